The maximum absolute atomic E-state index is 8.44. The molecule has 1 nitrogen and oxygen atoms in total. The molecule has 0 atom stereocenters. The minimum Gasteiger partial charge on any atom is -0.516 e. The number of aliphatic hydroxyl groups excluding tert-OH is 1. The summed E-state index contributed by atoms with van der Waals surface area (Å²) in [5.41, 5.74) is 0. The molecule has 0 aliphatic carbocycles. The number of unbranched alkanes of at least 4 members (excludes halogenated alkanes) is 12. The average molecular weight is 266 g/mol. The van der Waals surface area contributed by atoms with Crippen molar-refractivity contribution in [2.24, 2.45) is 0 Å². The van der Waals surface area contributed by atoms with Crippen LogP contribution in [-0.2, 0) is 0 Å². The minimum absolute atomic E-state index is 1.08. The molecule has 112 valence electrons. The van der Waals surface area contributed by atoms with E-state index in [0.717, 1.165) is 12.7 Å². The Morgan fingerprint density at radius 1 is 0.632 bits per heavy atom. The van der Waals surface area contributed by atoms with Crippen molar-refractivity contribution in [3.05, 3.63) is 24.5 Å². The average Bonchev–Trinajstić information content (AvgIpc) is 2.43. The molecular weight excluding hydrogens is 232 g/mol. The van der Waals surface area contributed by atoms with Crippen LogP contribution < -0.4 is 0 Å². The lowest BCUT2D eigenvalue weighted by atomic mass is 10.0. The van der Waals surface area contributed by atoms with Gasteiger partial charge in [-0.1, -0.05) is 89.7 Å². The van der Waals surface area contributed by atoms with E-state index in [1.807, 2.05) is 6.08 Å². The number of allylic oxidation sites excluding steroid dienone is 3. The van der Waals surface area contributed by atoms with Crippen LogP contribution in [0.2, 0.25) is 0 Å². The first-order chi connectivity index (χ1) is 9.41. The lowest BCUT2D eigenvalue weighted by Crippen LogP contribution is -1.82. The zero-order valence-corrected chi connectivity index (χ0v) is 12.9. The Labute approximate surface area is 120 Å². The lowest BCUT2D eigenvalue weighted by molar-refractivity contribution is 0.473. The highest BCUT2D eigenvalue weighted by molar-refractivity contribution is 4.98. The van der Waals surface area contributed by atoms with Crippen molar-refractivity contribution in [3.8, 4) is 0 Å². The number of hydrogen-bond acceptors (Lipinski definition) is 1. The van der Waals surface area contributed by atoms with Crippen molar-refractivity contribution in [1.29, 1.82) is 0 Å². The van der Waals surface area contributed by atoms with Crippen LogP contribution in [0.3, 0.4) is 0 Å². The molecule has 1 N–H and O–H groups in total. The predicted octanol–water partition coefficient (Wildman–Crippen LogP) is 6.71. The summed E-state index contributed by atoms with van der Waals surface area (Å²) in [7, 11) is 0. The Balaban J connectivity index is 2.99. The van der Waals surface area contributed by atoms with Crippen LogP contribution in [0.4, 0.5) is 0 Å². The van der Waals surface area contributed by atoms with Gasteiger partial charge in [0.25, 0.3) is 0 Å². The van der Waals surface area contributed by atoms with Crippen LogP contribution in [0, 0.1) is 0 Å². The fourth-order valence-electron chi connectivity index (χ4n) is 2.33. The second kappa shape index (κ2) is 17.3. The summed E-state index contributed by atoms with van der Waals surface area (Å²) in [6, 6.07) is 0. The smallest absolute Gasteiger partial charge is 0.0791 e. The van der Waals surface area contributed by atoms with Crippen molar-refractivity contribution in [3.63, 3.8) is 0 Å². The van der Waals surface area contributed by atoms with Crippen LogP contribution in [0.25, 0.3) is 0 Å². The molecule has 0 aromatic rings. The van der Waals surface area contributed by atoms with Gasteiger partial charge in [-0.15, -0.1) is 0 Å². The van der Waals surface area contributed by atoms with E-state index in [2.05, 4.69) is 13.0 Å². The van der Waals surface area contributed by atoms with E-state index < -0.39 is 0 Å². The summed E-state index contributed by atoms with van der Waals surface area (Å²) < 4.78 is 0. The lowest BCUT2D eigenvalue weighted by Gasteiger charge is -2.02. The van der Waals surface area contributed by atoms with Gasteiger partial charge in [0.1, 0.15) is 0 Å². The molecule has 1 heteroatoms. The third-order valence-corrected chi connectivity index (χ3v) is 3.56. The molecule has 0 spiro atoms. The summed E-state index contributed by atoms with van der Waals surface area (Å²) in [5, 5.41) is 8.44. The van der Waals surface area contributed by atoms with E-state index in [9.17, 15) is 0 Å². The summed E-state index contributed by atoms with van der Waals surface area (Å²) in [4.78, 5) is 0. The van der Waals surface area contributed by atoms with Gasteiger partial charge < -0.3 is 5.11 Å². The number of aliphatic hydroxyl groups is 1. The monoisotopic (exact) mass is 266 g/mol. The Morgan fingerprint density at radius 2 is 1.11 bits per heavy atom. The molecule has 0 radical (unpaired) electrons. The van der Waals surface area contributed by atoms with Crippen molar-refractivity contribution < 1.29 is 5.11 Å². The molecule has 0 aliphatic rings. The van der Waals surface area contributed by atoms with Crippen LogP contribution in [0.1, 0.15) is 90.4 Å². The summed E-state index contributed by atoms with van der Waals surface area (Å²) in [6.45, 7) is 2.28. The first-order valence-corrected chi connectivity index (χ1v) is 8.37. The first-order valence-electron chi connectivity index (χ1n) is 8.37. The van der Waals surface area contributed by atoms with E-state index in [-0.39, 0.29) is 0 Å². The number of hydrogen-bond donors (Lipinski definition) is 1. The minimum atomic E-state index is 1.08. The van der Waals surface area contributed by atoms with E-state index in [1.165, 1.54) is 77.0 Å². The van der Waals surface area contributed by atoms with E-state index in [1.54, 1.807) is 6.08 Å². The molecule has 0 rings (SSSR count). The Kier molecular flexibility index (Phi) is 16.6. The molecule has 0 amide bonds. The van der Waals surface area contributed by atoms with Crippen LogP contribution in [0.5, 0.6) is 0 Å². The van der Waals surface area contributed by atoms with Gasteiger partial charge in [-0.05, 0) is 18.9 Å². The Hall–Kier alpha value is -0.720. The normalized spacial score (nSPS) is 11.8. The summed E-state index contributed by atoms with van der Waals surface area (Å²) >= 11 is 0. The molecular formula is C18H34O. The van der Waals surface area contributed by atoms with Crippen LogP contribution in [-0.4, -0.2) is 5.11 Å². The first kappa shape index (κ1) is 18.3. The molecule has 0 bridgehead atoms. The van der Waals surface area contributed by atoms with Gasteiger partial charge in [0.2, 0.25) is 0 Å². The highest BCUT2D eigenvalue weighted by Crippen LogP contribution is 2.12. The predicted molar refractivity (Wildman–Crippen MR) is 86.6 cm³/mol. The molecule has 0 aromatic carbocycles. The molecule has 0 fully saturated rings. The molecule has 0 aromatic heterocycles. The van der Waals surface area contributed by atoms with Gasteiger partial charge in [0.05, 0.1) is 6.26 Å². The molecule has 19 heavy (non-hydrogen) atoms. The van der Waals surface area contributed by atoms with Gasteiger partial charge in [-0.2, -0.15) is 0 Å². The fourth-order valence-corrected chi connectivity index (χ4v) is 2.33. The van der Waals surface area contributed by atoms with E-state index >= 15 is 0 Å². The Bertz CT molecular complexity index is 206. The zero-order chi connectivity index (χ0) is 14.0. The molecule has 0 saturated heterocycles. The molecule has 0 unspecified atom stereocenters. The third kappa shape index (κ3) is 17.3. The van der Waals surface area contributed by atoms with Crippen molar-refractivity contribution in [2.75, 3.05) is 0 Å². The van der Waals surface area contributed by atoms with E-state index in [4.69, 9.17) is 5.11 Å². The van der Waals surface area contributed by atoms with Crippen LogP contribution in [0.15, 0.2) is 24.5 Å². The number of rotatable bonds is 14. The van der Waals surface area contributed by atoms with Gasteiger partial charge >= 0.3 is 0 Å². The molecule has 0 aliphatic heterocycles. The fraction of sp³-hybridized carbons (Fsp3) is 0.778. The van der Waals surface area contributed by atoms with Crippen molar-refractivity contribution >= 4 is 0 Å². The third-order valence-electron chi connectivity index (χ3n) is 3.56. The maximum atomic E-state index is 8.44. The van der Waals surface area contributed by atoms with Gasteiger partial charge in [0, 0.05) is 0 Å². The highest BCUT2D eigenvalue weighted by Gasteiger charge is 1.92. The second-order valence-corrected chi connectivity index (χ2v) is 5.45. The van der Waals surface area contributed by atoms with E-state index in [0.29, 0.717) is 0 Å². The van der Waals surface area contributed by atoms with Crippen molar-refractivity contribution in [1.82, 2.24) is 0 Å². The summed E-state index contributed by atoms with van der Waals surface area (Å²) in [5.74, 6) is 0. The molecule has 0 heterocycles. The second-order valence-electron chi connectivity index (χ2n) is 5.45. The topological polar surface area (TPSA) is 20.2 Å². The standard InChI is InChI=1S/C18H34O/c1-2-3-4-5-6-7-8-9-10-11-12-13-14-15-16-17-18-19/h15-19H,2-14H2,1H3/b16-15+,18-17+. The van der Waals surface area contributed by atoms with Crippen LogP contribution >= 0.6 is 0 Å². The van der Waals surface area contributed by atoms with Gasteiger partial charge in [-0.25, -0.2) is 0 Å². The molecule has 0 saturated carbocycles. The Morgan fingerprint density at radius 3 is 1.58 bits per heavy atom. The van der Waals surface area contributed by atoms with Crippen molar-refractivity contribution in [2.45, 2.75) is 90.4 Å². The summed E-state index contributed by atoms with van der Waals surface area (Å²) in [6.07, 6.45) is 24.8. The SMILES string of the molecule is CCCCCCCCCCCCCC/C=C/C=C/O. The largest absolute Gasteiger partial charge is 0.516 e. The quantitative estimate of drug-likeness (QED) is 0.210. The zero-order valence-electron chi connectivity index (χ0n) is 12.9. The highest BCUT2D eigenvalue weighted by atomic mass is 16.2. The van der Waals surface area contributed by atoms with Gasteiger partial charge in [0.15, 0.2) is 0 Å². The maximum Gasteiger partial charge on any atom is 0.0791 e. The van der Waals surface area contributed by atoms with Gasteiger partial charge in [-0.3, -0.25) is 0 Å².